The van der Waals surface area contributed by atoms with Crippen LogP contribution in [0, 0.1) is 0 Å². The lowest BCUT2D eigenvalue weighted by Gasteiger charge is -2.00. The van der Waals surface area contributed by atoms with Gasteiger partial charge in [-0.15, -0.1) is 0 Å². The summed E-state index contributed by atoms with van der Waals surface area (Å²) >= 11 is 0. The lowest BCUT2D eigenvalue weighted by molar-refractivity contribution is 0.845. The standard InChI is InChI=1S/C8H11N.C7H10N2/c1-7(2)8-4-3-5-9-6-8;1-6(2)7-3-8-5-9-4-7/h3-7H,1-2H3;3-6H,1-2H3. The summed E-state index contributed by atoms with van der Waals surface area (Å²) < 4.78 is 0. The highest BCUT2D eigenvalue weighted by Gasteiger charge is 1.95. The first-order chi connectivity index (χ1) is 8.61. The zero-order chi connectivity index (χ0) is 13.4. The monoisotopic (exact) mass is 243 g/mol. The topological polar surface area (TPSA) is 38.7 Å². The summed E-state index contributed by atoms with van der Waals surface area (Å²) in [5.41, 5.74) is 2.50. The Kier molecular flexibility index (Phi) is 5.98. The first kappa shape index (κ1) is 14.3. The molecule has 0 unspecified atom stereocenters. The Labute approximate surface area is 109 Å². The molecule has 0 spiro atoms. The van der Waals surface area contributed by atoms with Crippen molar-refractivity contribution in [2.45, 2.75) is 39.5 Å². The van der Waals surface area contributed by atoms with Crippen molar-refractivity contribution in [2.75, 3.05) is 0 Å². The van der Waals surface area contributed by atoms with Crippen molar-refractivity contribution in [1.82, 2.24) is 15.0 Å². The maximum Gasteiger partial charge on any atom is 0.115 e. The predicted octanol–water partition coefficient (Wildman–Crippen LogP) is 3.81. The molecule has 18 heavy (non-hydrogen) atoms. The lowest BCUT2D eigenvalue weighted by atomic mass is 10.1. The van der Waals surface area contributed by atoms with Crippen LogP contribution in [0.15, 0.2) is 43.2 Å². The summed E-state index contributed by atoms with van der Waals surface area (Å²) in [4.78, 5) is 11.8. The number of nitrogens with zero attached hydrogens (tertiary/aromatic N) is 3. The molecule has 0 saturated carbocycles. The van der Waals surface area contributed by atoms with E-state index >= 15 is 0 Å². The van der Waals surface area contributed by atoms with Crippen LogP contribution in [0.5, 0.6) is 0 Å². The molecule has 2 heterocycles. The first-order valence-corrected chi connectivity index (χ1v) is 6.26. The highest BCUT2D eigenvalue weighted by atomic mass is 14.8. The third-order valence-electron chi connectivity index (χ3n) is 2.60. The Morgan fingerprint density at radius 1 is 0.778 bits per heavy atom. The van der Waals surface area contributed by atoms with Crippen LogP contribution in [0.1, 0.15) is 50.7 Å². The third-order valence-corrected chi connectivity index (χ3v) is 2.60. The molecule has 0 saturated heterocycles. The Hall–Kier alpha value is -1.77. The smallest absolute Gasteiger partial charge is 0.115 e. The quantitative estimate of drug-likeness (QED) is 0.805. The number of hydrogen-bond acceptors (Lipinski definition) is 3. The SMILES string of the molecule is CC(C)c1cccnc1.CC(C)c1cncnc1. The molecule has 0 atom stereocenters. The van der Waals surface area contributed by atoms with Gasteiger partial charge in [-0.25, -0.2) is 9.97 Å². The molecule has 0 N–H and O–H groups in total. The minimum Gasteiger partial charge on any atom is -0.264 e. The zero-order valence-corrected chi connectivity index (χ0v) is 11.5. The fourth-order valence-corrected chi connectivity index (χ4v) is 1.33. The summed E-state index contributed by atoms with van der Waals surface area (Å²) in [6, 6.07) is 4.06. The molecule has 2 aromatic heterocycles. The number of pyridine rings is 1. The van der Waals surface area contributed by atoms with Crippen molar-refractivity contribution in [3.8, 4) is 0 Å². The van der Waals surface area contributed by atoms with Crippen molar-refractivity contribution in [3.05, 3.63) is 54.4 Å². The highest BCUT2D eigenvalue weighted by Crippen LogP contribution is 2.10. The van der Waals surface area contributed by atoms with Gasteiger partial charge < -0.3 is 0 Å². The summed E-state index contributed by atoms with van der Waals surface area (Å²) in [5.74, 6) is 1.13. The van der Waals surface area contributed by atoms with E-state index in [9.17, 15) is 0 Å². The molecule has 0 aromatic carbocycles. The molecule has 0 radical (unpaired) electrons. The average Bonchev–Trinajstić information content (AvgIpc) is 2.41. The van der Waals surface area contributed by atoms with E-state index in [2.05, 4.69) is 48.7 Å². The molecule has 0 bridgehead atoms. The maximum absolute atomic E-state index is 4.01. The summed E-state index contributed by atoms with van der Waals surface area (Å²) in [5, 5.41) is 0. The van der Waals surface area contributed by atoms with Gasteiger partial charge in [0.25, 0.3) is 0 Å². The highest BCUT2D eigenvalue weighted by molar-refractivity contribution is 5.12. The summed E-state index contributed by atoms with van der Waals surface area (Å²) in [6.45, 7) is 8.57. The van der Waals surface area contributed by atoms with Crippen LogP contribution in [0.2, 0.25) is 0 Å². The van der Waals surface area contributed by atoms with E-state index in [1.54, 1.807) is 12.5 Å². The fraction of sp³-hybridized carbons (Fsp3) is 0.400. The summed E-state index contributed by atoms with van der Waals surface area (Å²) in [7, 11) is 0. The normalized spacial score (nSPS) is 10.1. The van der Waals surface area contributed by atoms with Gasteiger partial charge in [0.05, 0.1) is 0 Å². The van der Waals surface area contributed by atoms with Crippen molar-refractivity contribution in [2.24, 2.45) is 0 Å². The van der Waals surface area contributed by atoms with Crippen LogP contribution in [-0.4, -0.2) is 15.0 Å². The molecule has 0 aliphatic carbocycles. The molecular weight excluding hydrogens is 222 g/mol. The minimum absolute atomic E-state index is 0.534. The molecular formula is C15H21N3. The van der Waals surface area contributed by atoms with Gasteiger partial charge in [0.15, 0.2) is 0 Å². The first-order valence-electron chi connectivity index (χ1n) is 6.26. The van der Waals surface area contributed by atoms with Gasteiger partial charge in [0.1, 0.15) is 6.33 Å². The van der Waals surface area contributed by atoms with E-state index in [0.717, 1.165) is 0 Å². The molecule has 3 nitrogen and oxygen atoms in total. The van der Waals surface area contributed by atoms with Crippen molar-refractivity contribution in [1.29, 1.82) is 0 Å². The average molecular weight is 243 g/mol. The van der Waals surface area contributed by atoms with Gasteiger partial charge >= 0.3 is 0 Å². The van der Waals surface area contributed by atoms with Gasteiger partial charge in [-0.3, -0.25) is 4.98 Å². The van der Waals surface area contributed by atoms with E-state index in [1.807, 2.05) is 24.7 Å². The second kappa shape index (κ2) is 7.54. The summed E-state index contributed by atoms with van der Waals surface area (Å²) in [6.07, 6.45) is 8.94. The van der Waals surface area contributed by atoms with Crippen LogP contribution in [0.4, 0.5) is 0 Å². The molecule has 2 aromatic rings. The van der Waals surface area contributed by atoms with Crippen LogP contribution < -0.4 is 0 Å². The molecule has 96 valence electrons. The number of aromatic nitrogens is 3. The Morgan fingerprint density at radius 2 is 1.33 bits per heavy atom. The Bertz CT molecular complexity index is 381. The number of rotatable bonds is 2. The minimum atomic E-state index is 0.534. The largest absolute Gasteiger partial charge is 0.264 e. The molecule has 2 rings (SSSR count). The van der Waals surface area contributed by atoms with Crippen molar-refractivity contribution >= 4 is 0 Å². The third kappa shape index (κ3) is 5.04. The van der Waals surface area contributed by atoms with Crippen molar-refractivity contribution < 1.29 is 0 Å². The molecule has 0 fully saturated rings. The Morgan fingerprint density at radius 3 is 1.67 bits per heavy atom. The van der Waals surface area contributed by atoms with E-state index in [-0.39, 0.29) is 0 Å². The second-order valence-corrected chi connectivity index (χ2v) is 4.77. The van der Waals surface area contributed by atoms with Crippen molar-refractivity contribution in [3.63, 3.8) is 0 Å². The predicted molar refractivity (Wildman–Crippen MR) is 74.4 cm³/mol. The van der Waals surface area contributed by atoms with E-state index in [1.165, 1.54) is 11.1 Å². The van der Waals surface area contributed by atoms with Crippen LogP contribution in [-0.2, 0) is 0 Å². The van der Waals surface area contributed by atoms with Gasteiger partial charge in [0.2, 0.25) is 0 Å². The van der Waals surface area contributed by atoms with E-state index in [0.29, 0.717) is 11.8 Å². The van der Waals surface area contributed by atoms with E-state index in [4.69, 9.17) is 0 Å². The maximum atomic E-state index is 4.01. The van der Waals surface area contributed by atoms with E-state index < -0.39 is 0 Å². The second-order valence-electron chi connectivity index (χ2n) is 4.77. The zero-order valence-electron chi connectivity index (χ0n) is 11.5. The van der Waals surface area contributed by atoms with Crippen LogP contribution in [0.25, 0.3) is 0 Å². The van der Waals surface area contributed by atoms with Gasteiger partial charge in [-0.05, 0) is 29.0 Å². The van der Waals surface area contributed by atoms with Crippen LogP contribution in [0.3, 0.4) is 0 Å². The van der Waals surface area contributed by atoms with Gasteiger partial charge in [-0.1, -0.05) is 33.8 Å². The molecule has 3 heteroatoms. The lowest BCUT2D eigenvalue weighted by Crippen LogP contribution is -1.88. The molecule has 0 aliphatic rings. The molecule has 0 amide bonds. The molecule has 0 aliphatic heterocycles. The Balaban J connectivity index is 0.000000180. The van der Waals surface area contributed by atoms with Crippen LogP contribution >= 0.6 is 0 Å². The van der Waals surface area contributed by atoms with Gasteiger partial charge in [0, 0.05) is 24.8 Å². The number of hydrogen-bond donors (Lipinski definition) is 0. The fourth-order valence-electron chi connectivity index (χ4n) is 1.33. The van der Waals surface area contributed by atoms with Gasteiger partial charge in [-0.2, -0.15) is 0 Å².